The molecule has 1 aromatic heterocycles. The number of hydrogen-bond acceptors (Lipinski definition) is 3. The summed E-state index contributed by atoms with van der Waals surface area (Å²) in [6.07, 6.45) is 0.380. The van der Waals surface area contributed by atoms with Crippen LogP contribution in [0.4, 0.5) is 0 Å². The van der Waals surface area contributed by atoms with E-state index in [4.69, 9.17) is 11.6 Å². The monoisotopic (exact) mass is 202 g/mol. The van der Waals surface area contributed by atoms with Gasteiger partial charge in [-0.2, -0.15) is 0 Å². The Labute approximate surface area is 78.2 Å². The van der Waals surface area contributed by atoms with Crippen LogP contribution < -0.4 is 11.2 Å². The molecule has 70 valence electrons. The smallest absolute Gasteiger partial charge is 0.296 e. The minimum atomic E-state index is -0.660. The predicted octanol–water partition coefficient (Wildman–Crippen LogP) is -0.450. The lowest BCUT2D eigenvalue weighted by Crippen LogP contribution is -2.39. The zero-order valence-electron chi connectivity index (χ0n) is 7.07. The Morgan fingerprint density at radius 2 is 1.77 bits per heavy atom. The zero-order chi connectivity index (χ0) is 10.2. The van der Waals surface area contributed by atoms with Crippen molar-refractivity contribution in [3.8, 4) is 0 Å². The molecule has 0 atom stereocenters. The number of nitrogens with zero attached hydrogens (tertiary/aromatic N) is 2. The lowest BCUT2D eigenvalue weighted by atomic mass is 10.4. The van der Waals surface area contributed by atoms with Gasteiger partial charge in [0.2, 0.25) is 0 Å². The van der Waals surface area contributed by atoms with Crippen molar-refractivity contribution in [3.05, 3.63) is 31.6 Å². The van der Waals surface area contributed by atoms with Gasteiger partial charge >= 0.3 is 5.69 Å². The topological polar surface area (TPSA) is 61.1 Å². The Balaban J connectivity index is 3.88. The number of halogens is 1. The van der Waals surface area contributed by atoms with E-state index in [-0.39, 0.29) is 10.7 Å². The number of rotatable bonds is 1. The second-order valence-corrected chi connectivity index (χ2v) is 2.90. The molecule has 0 radical (unpaired) electrons. The average Bonchev–Trinajstić information content (AvgIpc) is 2.13. The molecular weight excluding hydrogens is 196 g/mol. The van der Waals surface area contributed by atoms with Gasteiger partial charge in [0, 0.05) is 14.1 Å². The molecule has 0 aliphatic carbocycles. The van der Waals surface area contributed by atoms with Crippen molar-refractivity contribution in [2.45, 2.75) is 0 Å². The summed E-state index contributed by atoms with van der Waals surface area (Å²) < 4.78 is 1.87. The van der Waals surface area contributed by atoms with Crippen LogP contribution in [0.1, 0.15) is 10.5 Å². The van der Waals surface area contributed by atoms with Gasteiger partial charge in [0.25, 0.3) is 5.56 Å². The van der Waals surface area contributed by atoms with Gasteiger partial charge in [0.1, 0.15) is 10.7 Å². The Morgan fingerprint density at radius 3 is 2.23 bits per heavy atom. The first-order valence-corrected chi connectivity index (χ1v) is 3.79. The molecular formula is C7H7ClN2O3. The number of aldehydes is 1. The molecule has 0 N–H and O–H groups in total. The van der Waals surface area contributed by atoms with Gasteiger partial charge in [0.15, 0.2) is 6.29 Å². The predicted molar refractivity (Wildman–Crippen MR) is 47.3 cm³/mol. The third-order valence-corrected chi connectivity index (χ3v) is 2.12. The van der Waals surface area contributed by atoms with Crippen molar-refractivity contribution in [1.29, 1.82) is 0 Å². The van der Waals surface area contributed by atoms with Crippen molar-refractivity contribution < 1.29 is 4.79 Å². The Kier molecular flexibility index (Phi) is 2.38. The molecule has 13 heavy (non-hydrogen) atoms. The summed E-state index contributed by atoms with van der Waals surface area (Å²) >= 11 is 5.55. The second-order valence-electron chi connectivity index (χ2n) is 2.52. The first-order valence-electron chi connectivity index (χ1n) is 3.41. The van der Waals surface area contributed by atoms with Crippen molar-refractivity contribution in [3.63, 3.8) is 0 Å². The van der Waals surface area contributed by atoms with E-state index >= 15 is 0 Å². The number of hydrogen-bond donors (Lipinski definition) is 0. The van der Waals surface area contributed by atoms with Crippen LogP contribution in [0.15, 0.2) is 9.59 Å². The third kappa shape index (κ3) is 1.31. The zero-order valence-corrected chi connectivity index (χ0v) is 7.83. The van der Waals surface area contributed by atoms with Crippen LogP contribution in [0.3, 0.4) is 0 Å². The minimum absolute atomic E-state index is 0.102. The van der Waals surface area contributed by atoms with E-state index in [1.54, 1.807) is 0 Å². The van der Waals surface area contributed by atoms with Crippen LogP contribution in [0.2, 0.25) is 5.02 Å². The van der Waals surface area contributed by atoms with E-state index in [1.165, 1.54) is 14.1 Å². The number of carbonyl (C=O) groups excluding carboxylic acids is 1. The first-order chi connectivity index (χ1) is 6.00. The maximum Gasteiger partial charge on any atom is 0.331 e. The van der Waals surface area contributed by atoms with Crippen molar-refractivity contribution >= 4 is 17.9 Å². The summed E-state index contributed by atoms with van der Waals surface area (Å²) in [6, 6.07) is 0. The first kappa shape index (κ1) is 9.73. The Hall–Kier alpha value is -1.36. The lowest BCUT2D eigenvalue weighted by Gasteiger charge is -2.05. The maximum absolute atomic E-state index is 11.2. The highest BCUT2D eigenvalue weighted by molar-refractivity contribution is 6.32. The highest BCUT2D eigenvalue weighted by Gasteiger charge is 2.11. The molecule has 0 aliphatic heterocycles. The molecule has 6 heteroatoms. The average molecular weight is 203 g/mol. The van der Waals surface area contributed by atoms with Gasteiger partial charge in [0.05, 0.1) is 0 Å². The Bertz CT molecular complexity index is 435. The van der Waals surface area contributed by atoms with Crippen LogP contribution in [-0.2, 0) is 14.1 Å². The van der Waals surface area contributed by atoms with Crippen molar-refractivity contribution in [1.82, 2.24) is 9.13 Å². The summed E-state index contributed by atoms with van der Waals surface area (Å²) in [7, 11) is 2.67. The molecule has 0 amide bonds. The van der Waals surface area contributed by atoms with Crippen molar-refractivity contribution in [2.75, 3.05) is 0 Å². The number of carbonyl (C=O) groups is 1. The quantitative estimate of drug-likeness (QED) is 0.580. The molecule has 1 heterocycles. The van der Waals surface area contributed by atoms with E-state index in [9.17, 15) is 14.4 Å². The van der Waals surface area contributed by atoms with E-state index in [2.05, 4.69) is 0 Å². The Morgan fingerprint density at radius 1 is 1.23 bits per heavy atom. The van der Waals surface area contributed by atoms with Gasteiger partial charge in [-0.1, -0.05) is 11.6 Å². The van der Waals surface area contributed by atoms with E-state index in [0.717, 1.165) is 9.13 Å². The largest absolute Gasteiger partial charge is 0.331 e. The van der Waals surface area contributed by atoms with Crippen LogP contribution in [-0.4, -0.2) is 15.4 Å². The fourth-order valence-electron chi connectivity index (χ4n) is 0.950. The molecule has 0 aromatic carbocycles. The van der Waals surface area contributed by atoms with Crippen LogP contribution >= 0.6 is 11.6 Å². The van der Waals surface area contributed by atoms with Crippen molar-refractivity contribution in [2.24, 2.45) is 14.1 Å². The minimum Gasteiger partial charge on any atom is -0.296 e. The summed E-state index contributed by atoms with van der Waals surface area (Å²) in [6.45, 7) is 0. The molecule has 0 saturated carbocycles. The van der Waals surface area contributed by atoms with Gasteiger partial charge in [-0.15, -0.1) is 0 Å². The van der Waals surface area contributed by atoms with E-state index in [1.807, 2.05) is 0 Å². The summed E-state index contributed by atoms with van der Waals surface area (Å²) in [5, 5.41) is -0.236. The molecule has 0 aliphatic rings. The number of aromatic nitrogens is 2. The molecule has 1 rings (SSSR count). The molecule has 0 fully saturated rings. The summed E-state index contributed by atoms with van der Waals surface area (Å²) in [5.74, 6) is 0. The van der Waals surface area contributed by atoms with Gasteiger partial charge < -0.3 is 0 Å². The standard InChI is InChI=1S/C7H7ClN2O3/c1-9-4(3-11)5(8)6(12)10(2)7(9)13/h3H,1-2H3. The second kappa shape index (κ2) is 3.18. The van der Waals surface area contributed by atoms with Gasteiger partial charge in [-0.3, -0.25) is 18.7 Å². The molecule has 0 saturated heterocycles. The third-order valence-electron chi connectivity index (χ3n) is 1.76. The van der Waals surface area contributed by atoms with Crippen LogP contribution in [0.25, 0.3) is 0 Å². The van der Waals surface area contributed by atoms with Gasteiger partial charge in [-0.25, -0.2) is 4.79 Å². The highest BCUT2D eigenvalue weighted by Crippen LogP contribution is 2.03. The highest BCUT2D eigenvalue weighted by atomic mass is 35.5. The fourth-order valence-corrected chi connectivity index (χ4v) is 1.25. The molecule has 0 spiro atoms. The van der Waals surface area contributed by atoms with E-state index < -0.39 is 11.2 Å². The molecule has 5 nitrogen and oxygen atoms in total. The maximum atomic E-state index is 11.2. The van der Waals surface area contributed by atoms with E-state index in [0.29, 0.717) is 6.29 Å². The molecule has 0 unspecified atom stereocenters. The van der Waals surface area contributed by atoms with Crippen LogP contribution in [0, 0.1) is 0 Å². The summed E-state index contributed by atoms with van der Waals surface area (Å²) in [5.41, 5.74) is -1.34. The fraction of sp³-hybridized carbons (Fsp3) is 0.286. The SMILES string of the molecule is Cn1c(C=O)c(Cl)c(=O)n(C)c1=O. The molecule has 1 aromatic rings. The van der Waals surface area contributed by atoms with Gasteiger partial charge in [-0.05, 0) is 0 Å². The molecule has 0 bridgehead atoms. The summed E-state index contributed by atoms with van der Waals surface area (Å²) in [4.78, 5) is 32.9. The lowest BCUT2D eigenvalue weighted by molar-refractivity contribution is 0.111. The van der Waals surface area contributed by atoms with Crippen LogP contribution in [0.5, 0.6) is 0 Å². The normalized spacial score (nSPS) is 10.1.